The maximum Gasteiger partial charge on any atom is 0.494 e. The Balaban J connectivity index is 0.000000215. The summed E-state index contributed by atoms with van der Waals surface area (Å²) in [7, 11) is -7.95. The van der Waals surface area contributed by atoms with Crippen molar-refractivity contribution < 1.29 is 26.1 Å². The largest absolute Gasteiger partial charge is 0.494 e. The first-order valence-electron chi connectivity index (χ1n) is 13.3. The molecular formula is C30H30BBrCl2N2O6S2. The van der Waals surface area contributed by atoms with Gasteiger partial charge in [0.1, 0.15) is 0 Å². The van der Waals surface area contributed by atoms with Crippen molar-refractivity contribution in [3.8, 4) is 0 Å². The number of rotatable bonds is 7. The van der Waals surface area contributed by atoms with E-state index in [0.717, 1.165) is 4.47 Å². The van der Waals surface area contributed by atoms with Gasteiger partial charge < -0.3 is 9.31 Å². The maximum absolute atomic E-state index is 12.6. The van der Waals surface area contributed by atoms with Crippen LogP contribution in [0.1, 0.15) is 27.7 Å². The van der Waals surface area contributed by atoms with Gasteiger partial charge in [0.25, 0.3) is 20.0 Å². The molecule has 1 heterocycles. The fourth-order valence-electron chi connectivity index (χ4n) is 3.93. The van der Waals surface area contributed by atoms with Crippen LogP contribution in [-0.4, -0.2) is 35.2 Å². The molecule has 0 spiro atoms. The van der Waals surface area contributed by atoms with Gasteiger partial charge in [-0.05, 0) is 87.8 Å². The van der Waals surface area contributed by atoms with Crippen molar-refractivity contribution in [2.45, 2.75) is 48.7 Å². The lowest BCUT2D eigenvalue weighted by Gasteiger charge is -2.32. The van der Waals surface area contributed by atoms with Crippen LogP contribution in [0.2, 0.25) is 10.0 Å². The molecule has 1 fully saturated rings. The normalized spacial score (nSPS) is 15.7. The summed E-state index contributed by atoms with van der Waals surface area (Å²) in [6, 6.07) is 26.3. The topological polar surface area (TPSA) is 111 Å². The molecule has 0 aliphatic carbocycles. The minimum atomic E-state index is -3.74. The lowest BCUT2D eigenvalue weighted by atomic mass is 9.79. The smallest absolute Gasteiger partial charge is 0.399 e. The van der Waals surface area contributed by atoms with Crippen LogP contribution >= 0.6 is 39.1 Å². The fraction of sp³-hybridized carbons (Fsp3) is 0.200. The van der Waals surface area contributed by atoms with Crippen LogP contribution in [0.3, 0.4) is 0 Å². The van der Waals surface area contributed by atoms with E-state index in [9.17, 15) is 16.8 Å². The molecule has 1 aliphatic rings. The van der Waals surface area contributed by atoms with Crippen molar-refractivity contribution in [1.82, 2.24) is 0 Å². The Hall–Kier alpha value is -2.58. The fourth-order valence-corrected chi connectivity index (χ4v) is 6.92. The number of benzene rings is 4. The summed E-state index contributed by atoms with van der Waals surface area (Å²) in [6.45, 7) is 7.84. The van der Waals surface area contributed by atoms with Crippen LogP contribution in [-0.2, 0) is 29.4 Å². The van der Waals surface area contributed by atoms with Crippen molar-refractivity contribution >= 4 is 83.1 Å². The van der Waals surface area contributed by atoms with E-state index in [4.69, 9.17) is 32.5 Å². The second-order valence-corrected chi connectivity index (χ2v) is 15.9. The van der Waals surface area contributed by atoms with Gasteiger partial charge in [-0.3, -0.25) is 9.44 Å². The van der Waals surface area contributed by atoms with E-state index < -0.39 is 38.4 Å². The second kappa shape index (κ2) is 13.4. The molecule has 0 saturated carbocycles. The molecule has 4 aromatic rings. The highest BCUT2D eigenvalue weighted by Crippen LogP contribution is 2.37. The molecule has 0 radical (unpaired) electrons. The Morgan fingerprint density at radius 3 is 1.50 bits per heavy atom. The van der Waals surface area contributed by atoms with Crippen LogP contribution in [0.4, 0.5) is 11.4 Å². The van der Waals surface area contributed by atoms with Crippen molar-refractivity contribution in [2.75, 3.05) is 9.44 Å². The third kappa shape index (κ3) is 8.17. The van der Waals surface area contributed by atoms with E-state index >= 15 is 0 Å². The van der Waals surface area contributed by atoms with E-state index in [0.29, 0.717) is 21.2 Å². The lowest BCUT2D eigenvalue weighted by Crippen LogP contribution is -2.41. The monoisotopic (exact) mass is 738 g/mol. The summed E-state index contributed by atoms with van der Waals surface area (Å²) in [6.07, 6.45) is 0. The Labute approximate surface area is 277 Å². The van der Waals surface area contributed by atoms with Crippen LogP contribution < -0.4 is 14.9 Å². The molecule has 44 heavy (non-hydrogen) atoms. The van der Waals surface area contributed by atoms with Crippen molar-refractivity contribution in [2.24, 2.45) is 0 Å². The van der Waals surface area contributed by atoms with Crippen LogP contribution in [0.25, 0.3) is 0 Å². The molecule has 1 aliphatic heterocycles. The Bertz CT molecular complexity index is 1830. The standard InChI is InChI=1S/C18H21BClNO4S.C12H9BrClNO2S/c1-17(2)18(3,4)25-19(24-17)13-10-11-15(20)16(12-13)21-26(22,23)14-8-6-5-7-9-14;13-9-6-7-11(14)12(8-9)15-18(16,17)10-4-2-1-3-5-10/h5-12,21H,1-4H3;1-8,15H. The number of nitrogens with one attached hydrogen (secondary N) is 2. The number of halogens is 3. The Morgan fingerprint density at radius 1 is 0.636 bits per heavy atom. The summed E-state index contributed by atoms with van der Waals surface area (Å²) in [5.74, 6) is 0. The molecule has 0 amide bonds. The van der Waals surface area contributed by atoms with Gasteiger partial charge in [-0.2, -0.15) is 0 Å². The number of hydrogen-bond donors (Lipinski definition) is 2. The summed E-state index contributed by atoms with van der Waals surface area (Å²) in [4.78, 5) is 0.359. The van der Waals surface area contributed by atoms with Gasteiger partial charge in [0.15, 0.2) is 0 Å². The SMILES string of the molecule is CC1(C)OB(c2ccc(Cl)c(NS(=O)(=O)c3ccccc3)c2)OC1(C)C.O=S(=O)(Nc1cc(Br)ccc1Cl)c1ccccc1. The van der Waals surface area contributed by atoms with Gasteiger partial charge in [0, 0.05) is 4.47 Å². The van der Waals surface area contributed by atoms with E-state index in [1.54, 1.807) is 72.8 Å². The predicted molar refractivity (Wildman–Crippen MR) is 181 cm³/mol. The van der Waals surface area contributed by atoms with Gasteiger partial charge in [-0.1, -0.05) is 81.6 Å². The highest BCUT2D eigenvalue weighted by molar-refractivity contribution is 9.10. The van der Waals surface area contributed by atoms with Gasteiger partial charge in [-0.15, -0.1) is 0 Å². The molecule has 0 aromatic heterocycles. The first-order chi connectivity index (χ1) is 20.5. The third-order valence-electron chi connectivity index (χ3n) is 7.04. The summed E-state index contributed by atoms with van der Waals surface area (Å²) >= 11 is 15.4. The molecule has 0 unspecified atom stereocenters. The molecular weight excluding hydrogens is 710 g/mol. The Kier molecular flexibility index (Phi) is 10.5. The quantitative estimate of drug-likeness (QED) is 0.192. The predicted octanol–water partition coefficient (Wildman–Crippen LogP) is 7.34. The average Bonchev–Trinajstić information content (AvgIpc) is 3.19. The van der Waals surface area contributed by atoms with Crippen molar-refractivity contribution in [1.29, 1.82) is 0 Å². The maximum atomic E-state index is 12.6. The number of anilines is 2. The first kappa shape index (κ1) is 34.3. The molecule has 2 N–H and O–H groups in total. The van der Waals surface area contributed by atoms with Crippen molar-refractivity contribution in [3.05, 3.63) is 112 Å². The van der Waals surface area contributed by atoms with Crippen LogP contribution in [0.5, 0.6) is 0 Å². The van der Waals surface area contributed by atoms with Crippen LogP contribution in [0, 0.1) is 0 Å². The minimum Gasteiger partial charge on any atom is -0.399 e. The van der Waals surface area contributed by atoms with E-state index in [2.05, 4.69) is 25.4 Å². The summed E-state index contributed by atoms with van der Waals surface area (Å²) < 4.78 is 67.1. The number of sulfonamides is 2. The van der Waals surface area contributed by atoms with Crippen LogP contribution in [0.15, 0.2) is 111 Å². The highest BCUT2D eigenvalue weighted by atomic mass is 79.9. The van der Waals surface area contributed by atoms with E-state index in [1.165, 1.54) is 24.3 Å². The van der Waals surface area contributed by atoms with Crippen molar-refractivity contribution in [3.63, 3.8) is 0 Å². The molecule has 4 aromatic carbocycles. The number of hydrogen-bond acceptors (Lipinski definition) is 6. The molecule has 8 nitrogen and oxygen atoms in total. The highest BCUT2D eigenvalue weighted by Gasteiger charge is 2.51. The molecule has 1 saturated heterocycles. The molecule has 14 heteroatoms. The summed E-state index contributed by atoms with van der Waals surface area (Å²) in [5, 5.41) is 0.641. The second-order valence-electron chi connectivity index (χ2n) is 10.8. The van der Waals surface area contributed by atoms with Gasteiger partial charge >= 0.3 is 7.12 Å². The molecule has 0 atom stereocenters. The third-order valence-corrected chi connectivity index (χ3v) is 11.0. The molecule has 0 bridgehead atoms. The first-order valence-corrected chi connectivity index (χ1v) is 17.8. The zero-order valence-electron chi connectivity index (χ0n) is 24.2. The lowest BCUT2D eigenvalue weighted by molar-refractivity contribution is 0.00578. The minimum absolute atomic E-state index is 0.164. The Morgan fingerprint density at radius 2 is 1.05 bits per heavy atom. The molecule has 5 rings (SSSR count). The summed E-state index contributed by atoms with van der Waals surface area (Å²) in [5.41, 5.74) is 0.346. The average molecular weight is 740 g/mol. The van der Waals surface area contributed by atoms with Gasteiger partial charge in [-0.25, -0.2) is 16.8 Å². The van der Waals surface area contributed by atoms with E-state index in [1.807, 2.05) is 27.7 Å². The van der Waals surface area contributed by atoms with Gasteiger partial charge in [0.05, 0.1) is 42.4 Å². The van der Waals surface area contributed by atoms with E-state index in [-0.39, 0.29) is 15.5 Å². The molecule has 232 valence electrons. The zero-order chi connectivity index (χ0) is 32.3. The van der Waals surface area contributed by atoms with Gasteiger partial charge in [0.2, 0.25) is 0 Å². The zero-order valence-corrected chi connectivity index (χ0v) is 28.9.